The molecule has 0 radical (unpaired) electrons. The van der Waals surface area contributed by atoms with Crippen molar-refractivity contribution < 1.29 is 9.50 Å². The van der Waals surface area contributed by atoms with Gasteiger partial charge in [0.15, 0.2) is 11.6 Å². The average Bonchev–Trinajstić information content (AvgIpc) is 2.33. The molecule has 0 bridgehead atoms. The van der Waals surface area contributed by atoms with Crippen LogP contribution in [0.2, 0.25) is 0 Å². The molecule has 1 atom stereocenters. The Morgan fingerprint density at radius 2 is 2.18 bits per heavy atom. The van der Waals surface area contributed by atoms with Gasteiger partial charge in [-0.3, -0.25) is 0 Å². The van der Waals surface area contributed by atoms with Gasteiger partial charge in [-0.15, -0.1) is 0 Å². The first-order valence-electron chi connectivity index (χ1n) is 5.85. The summed E-state index contributed by atoms with van der Waals surface area (Å²) in [5.41, 5.74) is 0. The van der Waals surface area contributed by atoms with Gasteiger partial charge in [0.25, 0.3) is 0 Å². The van der Waals surface area contributed by atoms with E-state index >= 15 is 0 Å². The third kappa shape index (κ3) is 4.52. The van der Waals surface area contributed by atoms with Gasteiger partial charge >= 0.3 is 0 Å². The van der Waals surface area contributed by atoms with Gasteiger partial charge in [0.1, 0.15) is 0 Å². The molecular weight excluding hydrogens is 223 g/mol. The summed E-state index contributed by atoms with van der Waals surface area (Å²) in [6, 6.07) is 0. The Labute approximate surface area is 100 Å². The Bertz CT molecular complexity index is 348. The quantitative estimate of drug-likeness (QED) is 0.678. The van der Waals surface area contributed by atoms with Crippen LogP contribution in [0.3, 0.4) is 0 Å². The zero-order valence-electron chi connectivity index (χ0n) is 10.2. The zero-order chi connectivity index (χ0) is 12.7. The van der Waals surface area contributed by atoms with Gasteiger partial charge in [0.2, 0.25) is 5.95 Å². The molecular formula is C11H19FN4O. The maximum atomic E-state index is 13.3. The van der Waals surface area contributed by atoms with E-state index in [4.69, 9.17) is 0 Å². The summed E-state index contributed by atoms with van der Waals surface area (Å²) in [7, 11) is 0. The maximum Gasteiger partial charge on any atom is 0.224 e. The fourth-order valence-corrected chi connectivity index (χ4v) is 1.30. The lowest BCUT2D eigenvalue weighted by atomic mass is 10.2. The normalized spacial score (nSPS) is 12.2. The Hall–Kier alpha value is -1.43. The SMILES string of the molecule is CCNc1ncc(F)c(NCCC(O)CC)n1. The fraction of sp³-hybridized carbons (Fsp3) is 0.636. The Morgan fingerprint density at radius 1 is 1.41 bits per heavy atom. The first-order chi connectivity index (χ1) is 8.17. The fourth-order valence-electron chi connectivity index (χ4n) is 1.30. The second-order valence-corrected chi connectivity index (χ2v) is 3.70. The number of hydrogen-bond acceptors (Lipinski definition) is 5. The first-order valence-corrected chi connectivity index (χ1v) is 5.85. The topological polar surface area (TPSA) is 70.1 Å². The molecule has 0 saturated carbocycles. The van der Waals surface area contributed by atoms with Crippen LogP contribution in [0.25, 0.3) is 0 Å². The van der Waals surface area contributed by atoms with Gasteiger partial charge in [0, 0.05) is 13.1 Å². The summed E-state index contributed by atoms with van der Waals surface area (Å²) < 4.78 is 13.3. The Balaban J connectivity index is 2.54. The summed E-state index contributed by atoms with van der Waals surface area (Å²) in [5, 5.41) is 15.1. The van der Waals surface area contributed by atoms with Crippen molar-refractivity contribution in [2.45, 2.75) is 32.8 Å². The molecule has 5 nitrogen and oxygen atoms in total. The standard InChI is InChI=1S/C11H19FN4O/c1-3-8(17)5-6-14-10-9(12)7-15-11(16-10)13-4-2/h7-8,17H,3-6H2,1-2H3,(H2,13,14,15,16). The predicted molar refractivity (Wildman–Crippen MR) is 65.6 cm³/mol. The van der Waals surface area contributed by atoms with Crippen molar-refractivity contribution in [2.75, 3.05) is 23.7 Å². The molecule has 1 aromatic heterocycles. The molecule has 0 saturated heterocycles. The molecule has 1 unspecified atom stereocenters. The highest BCUT2D eigenvalue weighted by atomic mass is 19.1. The number of halogens is 1. The molecule has 0 aliphatic rings. The van der Waals surface area contributed by atoms with Crippen LogP contribution < -0.4 is 10.6 Å². The smallest absolute Gasteiger partial charge is 0.224 e. The van der Waals surface area contributed by atoms with Gasteiger partial charge in [-0.05, 0) is 19.8 Å². The molecule has 0 spiro atoms. The summed E-state index contributed by atoms with van der Waals surface area (Å²) in [6.07, 6.45) is 2.03. The van der Waals surface area contributed by atoms with Crippen molar-refractivity contribution in [3.8, 4) is 0 Å². The summed E-state index contributed by atoms with van der Waals surface area (Å²) in [5.74, 6) is 0.0735. The van der Waals surface area contributed by atoms with Gasteiger partial charge in [0.05, 0.1) is 12.3 Å². The lowest BCUT2D eigenvalue weighted by Gasteiger charge is -2.10. The van der Waals surface area contributed by atoms with Crippen molar-refractivity contribution in [3.63, 3.8) is 0 Å². The van der Waals surface area contributed by atoms with Gasteiger partial charge in [-0.2, -0.15) is 4.98 Å². The molecule has 3 N–H and O–H groups in total. The molecule has 0 amide bonds. The summed E-state index contributed by atoms with van der Waals surface area (Å²) >= 11 is 0. The minimum atomic E-state index is -0.488. The molecule has 0 aliphatic carbocycles. The molecule has 6 heteroatoms. The van der Waals surface area contributed by atoms with Crippen LogP contribution in [0.4, 0.5) is 16.2 Å². The zero-order valence-corrected chi connectivity index (χ0v) is 10.2. The van der Waals surface area contributed by atoms with E-state index in [9.17, 15) is 9.50 Å². The molecule has 0 fully saturated rings. The van der Waals surface area contributed by atoms with E-state index in [0.29, 0.717) is 31.9 Å². The van der Waals surface area contributed by atoms with E-state index in [1.165, 1.54) is 0 Å². The van der Waals surface area contributed by atoms with E-state index in [1.54, 1.807) is 0 Å². The van der Waals surface area contributed by atoms with E-state index in [0.717, 1.165) is 6.20 Å². The van der Waals surface area contributed by atoms with Crippen LogP contribution in [0.1, 0.15) is 26.7 Å². The van der Waals surface area contributed by atoms with Crippen molar-refractivity contribution in [2.24, 2.45) is 0 Å². The monoisotopic (exact) mass is 242 g/mol. The second-order valence-electron chi connectivity index (χ2n) is 3.70. The van der Waals surface area contributed by atoms with E-state index in [1.807, 2.05) is 13.8 Å². The number of aromatic nitrogens is 2. The molecule has 0 aliphatic heterocycles. The van der Waals surface area contributed by atoms with Crippen LogP contribution in [0.5, 0.6) is 0 Å². The van der Waals surface area contributed by atoms with Crippen LogP contribution >= 0.6 is 0 Å². The highest BCUT2D eigenvalue weighted by molar-refractivity contribution is 5.40. The number of hydrogen-bond donors (Lipinski definition) is 3. The van der Waals surface area contributed by atoms with E-state index in [-0.39, 0.29) is 11.9 Å². The van der Waals surface area contributed by atoms with Crippen molar-refractivity contribution in [3.05, 3.63) is 12.0 Å². The number of nitrogens with one attached hydrogen (secondary N) is 2. The molecule has 96 valence electrons. The Morgan fingerprint density at radius 3 is 2.82 bits per heavy atom. The number of rotatable bonds is 7. The molecule has 1 rings (SSSR count). The highest BCUT2D eigenvalue weighted by Gasteiger charge is 2.07. The molecule has 0 aromatic carbocycles. The van der Waals surface area contributed by atoms with Crippen LogP contribution in [0, 0.1) is 5.82 Å². The lowest BCUT2D eigenvalue weighted by Crippen LogP contribution is -2.14. The highest BCUT2D eigenvalue weighted by Crippen LogP contribution is 2.12. The van der Waals surface area contributed by atoms with Gasteiger partial charge in [-0.25, -0.2) is 9.37 Å². The van der Waals surface area contributed by atoms with Crippen molar-refractivity contribution in [1.29, 1.82) is 0 Å². The maximum absolute atomic E-state index is 13.3. The second kappa shape index (κ2) is 7.01. The van der Waals surface area contributed by atoms with Crippen LogP contribution in [0.15, 0.2) is 6.20 Å². The Kier molecular flexibility index (Phi) is 5.62. The van der Waals surface area contributed by atoms with Crippen LogP contribution in [-0.2, 0) is 0 Å². The largest absolute Gasteiger partial charge is 0.393 e. The third-order valence-electron chi connectivity index (χ3n) is 2.32. The summed E-state index contributed by atoms with van der Waals surface area (Å²) in [4.78, 5) is 7.80. The number of anilines is 2. The van der Waals surface area contributed by atoms with Gasteiger partial charge in [-0.1, -0.05) is 6.92 Å². The summed E-state index contributed by atoms with van der Waals surface area (Å²) in [6.45, 7) is 4.98. The minimum absolute atomic E-state index is 0.166. The number of aliphatic hydroxyl groups is 1. The average molecular weight is 242 g/mol. The van der Waals surface area contributed by atoms with Crippen molar-refractivity contribution in [1.82, 2.24) is 9.97 Å². The molecule has 1 heterocycles. The first kappa shape index (κ1) is 13.6. The predicted octanol–water partition coefficient (Wildman–Crippen LogP) is 1.62. The van der Waals surface area contributed by atoms with E-state index < -0.39 is 5.82 Å². The number of aliphatic hydroxyl groups excluding tert-OH is 1. The third-order valence-corrected chi connectivity index (χ3v) is 2.32. The lowest BCUT2D eigenvalue weighted by molar-refractivity contribution is 0.164. The minimum Gasteiger partial charge on any atom is -0.393 e. The van der Waals surface area contributed by atoms with Crippen LogP contribution in [-0.4, -0.2) is 34.3 Å². The molecule has 17 heavy (non-hydrogen) atoms. The molecule has 1 aromatic rings. The number of nitrogens with zero attached hydrogens (tertiary/aromatic N) is 2. The van der Waals surface area contributed by atoms with Gasteiger partial charge < -0.3 is 15.7 Å². The van der Waals surface area contributed by atoms with E-state index in [2.05, 4.69) is 20.6 Å². The van der Waals surface area contributed by atoms with Crippen molar-refractivity contribution >= 4 is 11.8 Å².